The maximum absolute atomic E-state index is 12.3. The molecular formula is C19H26N4O2S2. The first-order valence-corrected chi connectivity index (χ1v) is 10.9. The first-order valence-electron chi connectivity index (χ1n) is 9.42. The Kier molecular flexibility index (Phi) is 7.49. The Balaban J connectivity index is 1.39. The number of carbonyl (C=O) groups is 2. The highest BCUT2D eigenvalue weighted by atomic mass is 32.1. The highest BCUT2D eigenvalue weighted by molar-refractivity contribution is 7.80. The Morgan fingerprint density at radius 3 is 2.63 bits per heavy atom. The third-order valence-electron chi connectivity index (χ3n) is 4.68. The summed E-state index contributed by atoms with van der Waals surface area (Å²) in [4.78, 5) is 33.0. The van der Waals surface area contributed by atoms with Crippen LogP contribution in [-0.2, 0) is 9.59 Å². The number of hydrogen-bond acceptors (Lipinski definition) is 6. The molecule has 0 radical (unpaired) electrons. The van der Waals surface area contributed by atoms with Gasteiger partial charge in [-0.2, -0.15) is 12.6 Å². The third-order valence-corrected chi connectivity index (χ3v) is 5.95. The number of anilines is 1. The minimum atomic E-state index is -0.0550. The van der Waals surface area contributed by atoms with Gasteiger partial charge < -0.3 is 10.2 Å². The summed E-state index contributed by atoms with van der Waals surface area (Å²) in [7, 11) is 0. The second-order valence-corrected chi connectivity index (χ2v) is 8.20. The Morgan fingerprint density at radius 1 is 1.11 bits per heavy atom. The van der Waals surface area contributed by atoms with Crippen LogP contribution in [0.3, 0.4) is 0 Å². The Morgan fingerprint density at radius 2 is 1.89 bits per heavy atom. The van der Waals surface area contributed by atoms with Crippen LogP contribution in [0, 0.1) is 0 Å². The molecule has 27 heavy (non-hydrogen) atoms. The fraction of sp³-hybridized carbons (Fsp3) is 0.526. The number of nitrogens with one attached hydrogen (secondary N) is 1. The zero-order valence-electron chi connectivity index (χ0n) is 15.4. The minimum Gasteiger partial charge on any atom is -0.340 e. The smallest absolute Gasteiger partial charge is 0.240 e. The second-order valence-electron chi connectivity index (χ2n) is 6.73. The van der Waals surface area contributed by atoms with E-state index in [0.717, 1.165) is 48.3 Å². The number of thiazole rings is 1. The highest BCUT2D eigenvalue weighted by Gasteiger charge is 2.22. The number of nitrogens with zero attached hydrogens (tertiary/aromatic N) is 3. The third kappa shape index (κ3) is 5.92. The monoisotopic (exact) mass is 406 g/mol. The number of unbranched alkanes of at least 4 members (excludes halogenated alkanes) is 2. The number of benzene rings is 1. The predicted octanol–water partition coefficient (Wildman–Crippen LogP) is 2.87. The molecule has 2 heterocycles. The number of hydrogen-bond donors (Lipinski definition) is 2. The molecule has 6 nitrogen and oxygen atoms in total. The minimum absolute atomic E-state index is 0.0550. The SMILES string of the molecule is O=C(CN1CCN(C(=O)CCCCCS)CC1)Nc1nc2ccccc2s1. The van der Waals surface area contributed by atoms with Crippen molar-refractivity contribution in [1.82, 2.24) is 14.8 Å². The molecule has 0 aliphatic carbocycles. The average molecular weight is 407 g/mol. The zero-order chi connectivity index (χ0) is 19.1. The molecule has 8 heteroatoms. The van der Waals surface area contributed by atoms with E-state index in [2.05, 4.69) is 27.8 Å². The summed E-state index contributed by atoms with van der Waals surface area (Å²) in [6.45, 7) is 3.19. The van der Waals surface area contributed by atoms with Crippen molar-refractivity contribution >= 4 is 51.1 Å². The molecule has 1 saturated heterocycles. The van der Waals surface area contributed by atoms with E-state index < -0.39 is 0 Å². The molecular weight excluding hydrogens is 380 g/mol. The lowest BCUT2D eigenvalue weighted by Crippen LogP contribution is -2.50. The van der Waals surface area contributed by atoms with Crippen LogP contribution in [0.4, 0.5) is 5.13 Å². The zero-order valence-corrected chi connectivity index (χ0v) is 17.1. The molecule has 1 aliphatic rings. The quantitative estimate of drug-likeness (QED) is 0.523. The normalized spacial score (nSPS) is 15.2. The van der Waals surface area contributed by atoms with E-state index in [1.54, 1.807) is 0 Å². The molecule has 0 saturated carbocycles. The summed E-state index contributed by atoms with van der Waals surface area (Å²) in [6, 6.07) is 7.84. The molecule has 0 unspecified atom stereocenters. The number of amides is 2. The number of carbonyl (C=O) groups excluding carboxylic acids is 2. The fourth-order valence-electron chi connectivity index (χ4n) is 3.17. The highest BCUT2D eigenvalue weighted by Crippen LogP contribution is 2.25. The van der Waals surface area contributed by atoms with Gasteiger partial charge in [0.25, 0.3) is 0 Å². The van der Waals surface area contributed by atoms with Gasteiger partial charge in [-0.05, 0) is 30.7 Å². The largest absolute Gasteiger partial charge is 0.340 e. The number of para-hydroxylation sites is 1. The molecule has 0 bridgehead atoms. The number of thiol groups is 1. The molecule has 1 N–H and O–H groups in total. The van der Waals surface area contributed by atoms with Gasteiger partial charge in [-0.25, -0.2) is 4.98 Å². The first-order chi connectivity index (χ1) is 13.2. The van der Waals surface area contributed by atoms with E-state index in [1.807, 2.05) is 29.2 Å². The number of fused-ring (bicyclic) bond motifs is 1. The van der Waals surface area contributed by atoms with Crippen LogP contribution in [0.15, 0.2) is 24.3 Å². The first kappa shape index (κ1) is 20.1. The predicted molar refractivity (Wildman–Crippen MR) is 114 cm³/mol. The van der Waals surface area contributed by atoms with Crippen LogP contribution in [0.5, 0.6) is 0 Å². The van der Waals surface area contributed by atoms with Gasteiger partial charge in [0.1, 0.15) is 0 Å². The van der Waals surface area contributed by atoms with Gasteiger partial charge in [-0.1, -0.05) is 29.9 Å². The second kappa shape index (κ2) is 10.1. The van der Waals surface area contributed by atoms with Gasteiger partial charge in [-0.3, -0.25) is 14.5 Å². The van der Waals surface area contributed by atoms with E-state index in [0.29, 0.717) is 31.2 Å². The van der Waals surface area contributed by atoms with Crippen LogP contribution in [0.25, 0.3) is 10.2 Å². The topological polar surface area (TPSA) is 65.5 Å². The molecule has 3 rings (SSSR count). The van der Waals surface area contributed by atoms with E-state index in [1.165, 1.54) is 11.3 Å². The Hall–Kier alpha value is -1.64. The summed E-state index contributed by atoms with van der Waals surface area (Å²) < 4.78 is 1.06. The molecule has 1 aromatic heterocycles. The van der Waals surface area contributed by atoms with Crippen molar-refractivity contribution in [2.75, 3.05) is 43.8 Å². The van der Waals surface area contributed by atoms with Crippen molar-refractivity contribution in [3.05, 3.63) is 24.3 Å². The van der Waals surface area contributed by atoms with Gasteiger partial charge in [0.2, 0.25) is 11.8 Å². The number of aromatic nitrogens is 1. The summed E-state index contributed by atoms with van der Waals surface area (Å²) in [5.74, 6) is 1.06. The lowest BCUT2D eigenvalue weighted by Gasteiger charge is -2.34. The Bertz CT molecular complexity index is 739. The van der Waals surface area contributed by atoms with Crippen molar-refractivity contribution in [3.8, 4) is 0 Å². The van der Waals surface area contributed by atoms with Crippen LogP contribution < -0.4 is 5.32 Å². The van der Waals surface area contributed by atoms with Crippen molar-refractivity contribution in [1.29, 1.82) is 0 Å². The molecule has 2 aromatic rings. The number of rotatable bonds is 8. The summed E-state index contributed by atoms with van der Waals surface area (Å²) in [5.41, 5.74) is 0.902. The van der Waals surface area contributed by atoms with Crippen LogP contribution >= 0.6 is 24.0 Å². The summed E-state index contributed by atoms with van der Waals surface area (Å²) >= 11 is 5.67. The molecule has 1 aliphatic heterocycles. The van der Waals surface area contributed by atoms with Crippen LogP contribution in [0.2, 0.25) is 0 Å². The van der Waals surface area contributed by atoms with E-state index >= 15 is 0 Å². The lowest BCUT2D eigenvalue weighted by molar-refractivity contribution is -0.133. The van der Waals surface area contributed by atoms with Crippen LogP contribution in [-0.4, -0.2) is 65.1 Å². The maximum Gasteiger partial charge on any atom is 0.240 e. The fourth-order valence-corrected chi connectivity index (χ4v) is 4.27. The number of piperazine rings is 1. The van der Waals surface area contributed by atoms with Gasteiger partial charge in [0.05, 0.1) is 16.8 Å². The van der Waals surface area contributed by atoms with Gasteiger partial charge in [-0.15, -0.1) is 0 Å². The van der Waals surface area contributed by atoms with E-state index in [9.17, 15) is 9.59 Å². The molecule has 0 spiro atoms. The van der Waals surface area contributed by atoms with Crippen molar-refractivity contribution < 1.29 is 9.59 Å². The molecule has 1 aromatic carbocycles. The molecule has 0 atom stereocenters. The van der Waals surface area contributed by atoms with Crippen molar-refractivity contribution in [2.45, 2.75) is 25.7 Å². The molecule has 1 fully saturated rings. The molecule has 146 valence electrons. The Labute approximate surface area is 169 Å². The van der Waals surface area contributed by atoms with E-state index in [-0.39, 0.29) is 11.8 Å². The standard InChI is InChI=1S/C19H26N4O2S2/c24-17(21-19-20-15-6-3-4-7-16(15)27-19)14-22-9-11-23(12-10-22)18(25)8-2-1-5-13-26/h3-4,6-7,26H,1-2,5,8-14H2,(H,20,21,24). The maximum atomic E-state index is 12.3. The summed E-state index contributed by atoms with van der Waals surface area (Å²) in [5, 5.41) is 3.53. The summed E-state index contributed by atoms with van der Waals surface area (Å²) in [6.07, 6.45) is 3.67. The van der Waals surface area contributed by atoms with E-state index in [4.69, 9.17) is 0 Å². The van der Waals surface area contributed by atoms with Crippen LogP contribution in [0.1, 0.15) is 25.7 Å². The van der Waals surface area contributed by atoms with Crippen molar-refractivity contribution in [3.63, 3.8) is 0 Å². The molecule has 2 amide bonds. The average Bonchev–Trinajstić information content (AvgIpc) is 3.07. The van der Waals surface area contributed by atoms with Gasteiger partial charge in [0.15, 0.2) is 5.13 Å². The lowest BCUT2D eigenvalue weighted by atomic mass is 10.2. The van der Waals surface area contributed by atoms with Crippen molar-refractivity contribution in [2.24, 2.45) is 0 Å². The van der Waals surface area contributed by atoms with Gasteiger partial charge in [0, 0.05) is 32.6 Å². The van der Waals surface area contributed by atoms with Gasteiger partial charge >= 0.3 is 0 Å².